The summed E-state index contributed by atoms with van der Waals surface area (Å²) in [6.45, 7) is 0.833. The highest BCUT2D eigenvalue weighted by Gasteiger charge is 2.36. The zero-order chi connectivity index (χ0) is 19.2. The largest absolute Gasteiger partial charge is 0.433 e. The fraction of sp³-hybridized carbons (Fsp3) is 0.333. The molecule has 4 rings (SSSR count). The Hall–Kier alpha value is -2.26. The summed E-state index contributed by atoms with van der Waals surface area (Å²) in [7, 11) is 0. The molecule has 9 heteroatoms. The van der Waals surface area contributed by atoms with Crippen LogP contribution in [-0.2, 0) is 25.9 Å². The van der Waals surface area contributed by atoms with E-state index in [4.69, 9.17) is 5.11 Å². The number of hydrogen-bond acceptors (Lipinski definition) is 5. The van der Waals surface area contributed by atoms with Crippen molar-refractivity contribution in [2.45, 2.75) is 30.8 Å². The van der Waals surface area contributed by atoms with Crippen LogP contribution >= 0.6 is 11.8 Å². The number of aliphatic hydroxyl groups excluding tert-OH is 1. The molecule has 3 aromatic rings. The van der Waals surface area contributed by atoms with Crippen molar-refractivity contribution in [1.29, 1.82) is 0 Å². The third-order valence-electron chi connectivity index (χ3n) is 4.72. The third-order valence-corrected chi connectivity index (χ3v) is 5.44. The molecule has 1 aromatic carbocycles. The molecule has 2 aromatic heterocycles. The summed E-state index contributed by atoms with van der Waals surface area (Å²) in [5.41, 5.74) is 0.745. The number of alkyl halides is 3. The maximum atomic E-state index is 13.2. The van der Waals surface area contributed by atoms with E-state index in [1.165, 1.54) is 4.90 Å². The lowest BCUT2D eigenvalue weighted by molar-refractivity contribution is -0.142. The first-order chi connectivity index (χ1) is 12.9. The van der Waals surface area contributed by atoms with Crippen LogP contribution in [0, 0.1) is 0 Å². The lowest BCUT2D eigenvalue weighted by Gasteiger charge is -2.29. The van der Waals surface area contributed by atoms with Crippen LogP contribution in [0.4, 0.5) is 19.1 Å². The van der Waals surface area contributed by atoms with Crippen LogP contribution in [0.15, 0.2) is 35.4 Å². The van der Waals surface area contributed by atoms with E-state index in [2.05, 4.69) is 38.8 Å². The van der Waals surface area contributed by atoms with Gasteiger partial charge in [0, 0.05) is 46.3 Å². The molecule has 142 valence electrons. The molecule has 1 aliphatic heterocycles. The van der Waals surface area contributed by atoms with Gasteiger partial charge in [-0.2, -0.15) is 13.2 Å². The Bertz CT molecular complexity index is 1000. The Morgan fingerprint density at radius 1 is 1.22 bits per heavy atom. The second-order valence-corrected chi connectivity index (χ2v) is 7.21. The van der Waals surface area contributed by atoms with Gasteiger partial charge in [0.05, 0.1) is 13.2 Å². The maximum absolute atomic E-state index is 13.2. The predicted octanol–water partition coefficient (Wildman–Crippen LogP) is 3.68. The monoisotopic (exact) mass is 394 g/mol. The minimum absolute atomic E-state index is 0.0285. The molecular formula is C18H17F3N4OS. The number of thioether (sulfide) groups is 1. The van der Waals surface area contributed by atoms with Gasteiger partial charge < -0.3 is 14.6 Å². The maximum Gasteiger partial charge on any atom is 0.433 e. The van der Waals surface area contributed by atoms with Gasteiger partial charge >= 0.3 is 6.18 Å². The van der Waals surface area contributed by atoms with Crippen LogP contribution in [0.25, 0.3) is 10.9 Å². The van der Waals surface area contributed by atoms with E-state index in [0.717, 1.165) is 22.8 Å². The average Bonchev–Trinajstić information content (AvgIpc) is 3.03. The molecule has 0 unspecified atom stereocenters. The molecule has 1 aliphatic rings. The number of halogens is 3. The summed E-state index contributed by atoms with van der Waals surface area (Å²) < 4.78 is 41.8. The molecule has 0 radical (unpaired) electrons. The molecule has 0 bridgehead atoms. The Kier molecular flexibility index (Phi) is 4.51. The standard InChI is InChI=1S/C18H17F3N4OS/c1-27-14-3-2-11-6-13-9-24(4-5-25(13)15(11)7-14)17-22-8-12(10-26)16(23-17)18(19,20)21/h2-3,6-8,26H,4-5,9-10H2,1H3. The molecule has 0 saturated carbocycles. The Morgan fingerprint density at radius 3 is 2.74 bits per heavy atom. The van der Waals surface area contributed by atoms with Gasteiger partial charge in [0.1, 0.15) is 0 Å². The van der Waals surface area contributed by atoms with Crippen LogP contribution in [-0.4, -0.2) is 32.4 Å². The zero-order valence-electron chi connectivity index (χ0n) is 14.5. The number of aromatic nitrogens is 3. The van der Waals surface area contributed by atoms with Gasteiger partial charge in [0.2, 0.25) is 5.95 Å². The van der Waals surface area contributed by atoms with Gasteiger partial charge in [-0.3, -0.25) is 0 Å². The van der Waals surface area contributed by atoms with E-state index in [1.807, 2.05) is 6.26 Å². The van der Waals surface area contributed by atoms with E-state index >= 15 is 0 Å². The molecule has 0 aliphatic carbocycles. The zero-order valence-corrected chi connectivity index (χ0v) is 15.3. The molecule has 0 fully saturated rings. The number of nitrogens with zero attached hydrogens (tertiary/aromatic N) is 4. The first kappa shape index (κ1) is 18.1. The number of anilines is 1. The molecule has 5 nitrogen and oxygen atoms in total. The SMILES string of the molecule is CSc1ccc2cc3n(c2c1)CCN(c1ncc(CO)c(C(F)(F)F)n1)C3. The van der Waals surface area contributed by atoms with Crippen molar-refractivity contribution < 1.29 is 18.3 Å². The van der Waals surface area contributed by atoms with E-state index in [9.17, 15) is 13.2 Å². The van der Waals surface area contributed by atoms with E-state index in [1.54, 1.807) is 16.7 Å². The van der Waals surface area contributed by atoms with Crippen molar-refractivity contribution in [2.75, 3.05) is 17.7 Å². The minimum atomic E-state index is -4.63. The number of aliphatic hydroxyl groups is 1. The third kappa shape index (κ3) is 3.25. The summed E-state index contributed by atoms with van der Waals surface area (Å²) in [5, 5.41) is 10.2. The van der Waals surface area contributed by atoms with E-state index in [0.29, 0.717) is 19.6 Å². The number of rotatable bonds is 3. The van der Waals surface area contributed by atoms with Gasteiger partial charge in [-0.25, -0.2) is 9.97 Å². The fourth-order valence-corrected chi connectivity index (χ4v) is 3.82. The number of benzene rings is 1. The van der Waals surface area contributed by atoms with Crippen LogP contribution < -0.4 is 4.90 Å². The summed E-state index contributed by atoms with van der Waals surface area (Å²) in [6.07, 6.45) is -1.55. The van der Waals surface area contributed by atoms with Crippen LogP contribution in [0.3, 0.4) is 0 Å². The summed E-state index contributed by atoms with van der Waals surface area (Å²) in [6, 6.07) is 8.31. The fourth-order valence-electron chi connectivity index (χ4n) is 3.39. The second-order valence-electron chi connectivity index (χ2n) is 6.33. The quantitative estimate of drug-likeness (QED) is 0.687. The molecule has 27 heavy (non-hydrogen) atoms. The van der Waals surface area contributed by atoms with Gasteiger partial charge in [-0.1, -0.05) is 6.07 Å². The summed E-state index contributed by atoms with van der Waals surface area (Å²) in [4.78, 5) is 10.7. The average molecular weight is 394 g/mol. The molecule has 0 atom stereocenters. The first-order valence-corrected chi connectivity index (χ1v) is 9.58. The van der Waals surface area contributed by atoms with Crippen molar-refractivity contribution in [3.05, 3.63) is 47.4 Å². The predicted molar refractivity (Wildman–Crippen MR) is 97.7 cm³/mol. The van der Waals surface area contributed by atoms with Crippen LogP contribution in [0.5, 0.6) is 0 Å². The molecule has 0 amide bonds. The number of fused-ring (bicyclic) bond motifs is 3. The minimum Gasteiger partial charge on any atom is -0.392 e. The van der Waals surface area contributed by atoms with Crippen molar-refractivity contribution in [1.82, 2.24) is 14.5 Å². The van der Waals surface area contributed by atoms with E-state index < -0.39 is 18.5 Å². The normalized spacial score (nSPS) is 14.6. The highest BCUT2D eigenvalue weighted by atomic mass is 32.2. The summed E-state index contributed by atoms with van der Waals surface area (Å²) >= 11 is 1.67. The van der Waals surface area contributed by atoms with Crippen molar-refractivity contribution in [2.24, 2.45) is 0 Å². The highest BCUT2D eigenvalue weighted by Crippen LogP contribution is 2.33. The lowest BCUT2D eigenvalue weighted by atomic mass is 10.2. The Labute approximate surface area is 157 Å². The first-order valence-electron chi connectivity index (χ1n) is 8.36. The number of hydrogen-bond donors (Lipinski definition) is 1. The van der Waals surface area contributed by atoms with Crippen molar-refractivity contribution >= 4 is 28.6 Å². The molecule has 0 spiro atoms. The van der Waals surface area contributed by atoms with Crippen LogP contribution in [0.2, 0.25) is 0 Å². The van der Waals surface area contributed by atoms with Crippen molar-refractivity contribution in [3.63, 3.8) is 0 Å². The molecule has 3 heterocycles. The van der Waals surface area contributed by atoms with Crippen molar-refractivity contribution in [3.8, 4) is 0 Å². The summed E-state index contributed by atoms with van der Waals surface area (Å²) in [5.74, 6) is 0.0285. The topological polar surface area (TPSA) is 54.2 Å². The second kappa shape index (κ2) is 6.72. The van der Waals surface area contributed by atoms with E-state index in [-0.39, 0.29) is 11.5 Å². The highest BCUT2D eigenvalue weighted by molar-refractivity contribution is 7.98. The van der Waals surface area contributed by atoms with Gasteiger partial charge in [0.15, 0.2) is 5.69 Å². The van der Waals surface area contributed by atoms with Gasteiger partial charge in [0.25, 0.3) is 0 Å². The van der Waals surface area contributed by atoms with Crippen LogP contribution in [0.1, 0.15) is 17.0 Å². The Morgan fingerprint density at radius 2 is 2.04 bits per heavy atom. The molecule has 0 saturated heterocycles. The molecule has 1 N–H and O–H groups in total. The smallest absolute Gasteiger partial charge is 0.392 e. The molecular weight excluding hydrogens is 377 g/mol. The Balaban J connectivity index is 1.69. The van der Waals surface area contributed by atoms with Gasteiger partial charge in [-0.05, 0) is 24.5 Å². The van der Waals surface area contributed by atoms with Gasteiger partial charge in [-0.15, -0.1) is 11.8 Å². The lowest BCUT2D eigenvalue weighted by Crippen LogP contribution is -2.35.